The van der Waals surface area contributed by atoms with E-state index in [1.807, 2.05) is 12.1 Å². The van der Waals surface area contributed by atoms with Crippen LogP contribution in [-0.4, -0.2) is 23.9 Å². The molecule has 1 aromatic rings. The third-order valence-corrected chi connectivity index (χ3v) is 4.64. The lowest BCUT2D eigenvalue weighted by Crippen LogP contribution is -2.43. The zero-order valence-electron chi connectivity index (χ0n) is 16.1. The van der Waals surface area contributed by atoms with Crippen molar-refractivity contribution in [2.75, 3.05) is 13.2 Å². The SMILES string of the molecule is CCCCCCCCOc1cccc(CCC(N)(CO)CCC)c1.Cl. The van der Waals surface area contributed by atoms with Crippen LogP contribution in [0, 0.1) is 0 Å². The molecule has 1 atom stereocenters. The zero-order chi connectivity index (χ0) is 17.7. The number of ether oxygens (including phenoxy) is 1. The normalized spacial score (nSPS) is 13.1. The molecule has 0 saturated heterocycles. The van der Waals surface area contributed by atoms with Crippen LogP contribution in [0.25, 0.3) is 0 Å². The quantitative estimate of drug-likeness (QED) is 0.438. The van der Waals surface area contributed by atoms with Crippen molar-refractivity contribution in [3.63, 3.8) is 0 Å². The van der Waals surface area contributed by atoms with E-state index in [2.05, 4.69) is 26.0 Å². The van der Waals surface area contributed by atoms with Crippen molar-refractivity contribution in [1.82, 2.24) is 0 Å². The fourth-order valence-corrected chi connectivity index (χ4v) is 3.04. The molecule has 3 nitrogen and oxygen atoms in total. The van der Waals surface area contributed by atoms with Crippen LogP contribution in [0.15, 0.2) is 24.3 Å². The molecule has 0 heterocycles. The number of hydrogen-bond donors (Lipinski definition) is 2. The third-order valence-electron chi connectivity index (χ3n) is 4.64. The van der Waals surface area contributed by atoms with Crippen LogP contribution < -0.4 is 10.5 Å². The molecule has 25 heavy (non-hydrogen) atoms. The van der Waals surface area contributed by atoms with Crippen LogP contribution in [-0.2, 0) is 6.42 Å². The molecule has 0 saturated carbocycles. The van der Waals surface area contributed by atoms with Crippen LogP contribution in [0.2, 0.25) is 0 Å². The van der Waals surface area contributed by atoms with Crippen LogP contribution in [0.5, 0.6) is 5.75 Å². The molecular formula is C21H38ClNO2. The maximum Gasteiger partial charge on any atom is 0.119 e. The second-order valence-electron chi connectivity index (χ2n) is 7.03. The van der Waals surface area contributed by atoms with Gasteiger partial charge >= 0.3 is 0 Å². The first-order chi connectivity index (χ1) is 11.6. The average Bonchev–Trinajstić information content (AvgIpc) is 2.60. The van der Waals surface area contributed by atoms with Gasteiger partial charge in [-0.15, -0.1) is 12.4 Å². The number of unbranched alkanes of at least 4 members (excludes halogenated alkanes) is 5. The largest absolute Gasteiger partial charge is 0.494 e. The number of halogens is 1. The Morgan fingerprint density at radius 3 is 2.40 bits per heavy atom. The number of benzene rings is 1. The van der Waals surface area contributed by atoms with Crippen molar-refractivity contribution < 1.29 is 9.84 Å². The fraction of sp³-hybridized carbons (Fsp3) is 0.714. The van der Waals surface area contributed by atoms with Crippen molar-refractivity contribution >= 4 is 12.4 Å². The molecule has 0 fully saturated rings. The first-order valence-electron chi connectivity index (χ1n) is 9.75. The minimum atomic E-state index is -0.454. The maximum atomic E-state index is 9.52. The van der Waals surface area contributed by atoms with Gasteiger partial charge in [-0.3, -0.25) is 0 Å². The molecule has 0 aromatic heterocycles. The van der Waals surface area contributed by atoms with E-state index < -0.39 is 5.54 Å². The Morgan fingerprint density at radius 1 is 1.00 bits per heavy atom. The molecule has 146 valence electrons. The molecule has 1 unspecified atom stereocenters. The lowest BCUT2D eigenvalue weighted by molar-refractivity contribution is 0.177. The van der Waals surface area contributed by atoms with Crippen molar-refractivity contribution in [2.45, 2.75) is 83.6 Å². The number of nitrogens with two attached hydrogens (primary N) is 1. The lowest BCUT2D eigenvalue weighted by atomic mass is 9.89. The summed E-state index contributed by atoms with van der Waals surface area (Å²) in [6.07, 6.45) is 11.2. The molecule has 0 amide bonds. The zero-order valence-corrected chi connectivity index (χ0v) is 17.0. The van der Waals surface area contributed by atoms with E-state index in [1.54, 1.807) is 0 Å². The Hall–Kier alpha value is -0.770. The molecule has 0 spiro atoms. The number of rotatable bonds is 14. The Kier molecular flexibility index (Phi) is 14.0. The summed E-state index contributed by atoms with van der Waals surface area (Å²) in [4.78, 5) is 0. The highest BCUT2D eigenvalue weighted by atomic mass is 35.5. The van der Waals surface area contributed by atoms with Gasteiger partial charge < -0.3 is 15.6 Å². The highest BCUT2D eigenvalue weighted by Gasteiger charge is 2.22. The van der Waals surface area contributed by atoms with Gasteiger partial charge in [0.15, 0.2) is 0 Å². The van der Waals surface area contributed by atoms with Crippen molar-refractivity contribution in [3.8, 4) is 5.75 Å². The van der Waals surface area contributed by atoms with Gasteiger partial charge in [0.05, 0.1) is 13.2 Å². The van der Waals surface area contributed by atoms with E-state index in [0.29, 0.717) is 0 Å². The summed E-state index contributed by atoms with van der Waals surface area (Å²) in [7, 11) is 0. The molecule has 0 aliphatic heterocycles. The van der Waals surface area contributed by atoms with Crippen LogP contribution in [0.1, 0.15) is 77.2 Å². The summed E-state index contributed by atoms with van der Waals surface area (Å²) in [5.74, 6) is 0.947. The Labute approximate surface area is 160 Å². The smallest absolute Gasteiger partial charge is 0.119 e. The van der Waals surface area contributed by atoms with Crippen molar-refractivity contribution in [3.05, 3.63) is 29.8 Å². The number of aliphatic hydroxyl groups is 1. The van der Waals surface area contributed by atoms with Gasteiger partial charge in [0.2, 0.25) is 0 Å². The van der Waals surface area contributed by atoms with Crippen LogP contribution in [0.3, 0.4) is 0 Å². The minimum absolute atomic E-state index is 0. The Balaban J connectivity index is 0.00000576. The molecule has 0 aliphatic carbocycles. The molecule has 0 aliphatic rings. The highest BCUT2D eigenvalue weighted by Crippen LogP contribution is 2.20. The fourth-order valence-electron chi connectivity index (χ4n) is 3.04. The van der Waals surface area contributed by atoms with Crippen molar-refractivity contribution in [2.24, 2.45) is 5.73 Å². The van der Waals surface area contributed by atoms with Gasteiger partial charge in [-0.1, -0.05) is 64.5 Å². The maximum absolute atomic E-state index is 9.52. The molecule has 0 radical (unpaired) electrons. The topological polar surface area (TPSA) is 55.5 Å². The molecule has 0 bridgehead atoms. The van der Waals surface area contributed by atoms with Gasteiger partial charge in [-0.2, -0.15) is 0 Å². The number of aliphatic hydroxyl groups excluding tert-OH is 1. The van der Waals surface area contributed by atoms with Gasteiger partial charge in [0.25, 0.3) is 0 Å². The van der Waals surface area contributed by atoms with E-state index in [9.17, 15) is 5.11 Å². The van der Waals surface area contributed by atoms with E-state index in [-0.39, 0.29) is 19.0 Å². The van der Waals surface area contributed by atoms with Crippen molar-refractivity contribution in [1.29, 1.82) is 0 Å². The number of aryl methyl sites for hydroxylation is 1. The third kappa shape index (κ3) is 10.7. The standard InChI is InChI=1S/C21H37NO2.ClH/c1-3-5-6-7-8-9-16-24-20-12-10-11-19(17-20)13-15-21(22,18-23)14-4-2;/h10-12,17,23H,3-9,13-16,18,22H2,1-2H3;1H. The first-order valence-corrected chi connectivity index (χ1v) is 9.75. The van der Waals surface area contributed by atoms with E-state index in [0.717, 1.165) is 44.5 Å². The monoisotopic (exact) mass is 371 g/mol. The predicted molar refractivity (Wildman–Crippen MR) is 110 cm³/mol. The number of hydrogen-bond acceptors (Lipinski definition) is 3. The summed E-state index contributed by atoms with van der Waals surface area (Å²) in [6.45, 7) is 5.19. The van der Waals surface area contributed by atoms with Gasteiger partial charge in [0, 0.05) is 5.54 Å². The summed E-state index contributed by atoms with van der Waals surface area (Å²) < 4.78 is 5.88. The van der Waals surface area contributed by atoms with Gasteiger partial charge in [-0.05, 0) is 43.4 Å². The van der Waals surface area contributed by atoms with Crippen LogP contribution in [0.4, 0.5) is 0 Å². The summed E-state index contributed by atoms with van der Waals surface area (Å²) >= 11 is 0. The molecule has 1 rings (SSSR count). The van der Waals surface area contributed by atoms with E-state index >= 15 is 0 Å². The second-order valence-corrected chi connectivity index (χ2v) is 7.03. The summed E-state index contributed by atoms with van der Waals surface area (Å²) in [5, 5.41) is 9.52. The Morgan fingerprint density at radius 2 is 1.72 bits per heavy atom. The predicted octanol–water partition coefficient (Wildman–Crippen LogP) is 5.27. The average molecular weight is 372 g/mol. The highest BCUT2D eigenvalue weighted by molar-refractivity contribution is 5.85. The second kappa shape index (κ2) is 14.4. The van der Waals surface area contributed by atoms with E-state index in [4.69, 9.17) is 10.5 Å². The molecule has 4 heteroatoms. The van der Waals surface area contributed by atoms with Gasteiger partial charge in [0.1, 0.15) is 5.75 Å². The minimum Gasteiger partial charge on any atom is -0.494 e. The summed E-state index contributed by atoms with van der Waals surface area (Å²) in [5.41, 5.74) is 7.04. The summed E-state index contributed by atoms with van der Waals surface area (Å²) in [6, 6.07) is 8.29. The molecule has 1 aromatic carbocycles. The molecular weight excluding hydrogens is 334 g/mol. The van der Waals surface area contributed by atoms with Crippen LogP contribution >= 0.6 is 12.4 Å². The Bertz CT molecular complexity index is 442. The first kappa shape index (κ1) is 24.2. The van der Waals surface area contributed by atoms with Gasteiger partial charge in [-0.25, -0.2) is 0 Å². The molecule has 3 N–H and O–H groups in total. The lowest BCUT2D eigenvalue weighted by Gasteiger charge is -2.26. The van der Waals surface area contributed by atoms with E-state index in [1.165, 1.54) is 37.7 Å².